The first-order valence-electron chi connectivity index (χ1n) is 8.87. The van der Waals surface area contributed by atoms with Crippen molar-refractivity contribution in [3.8, 4) is 0 Å². The van der Waals surface area contributed by atoms with Crippen molar-refractivity contribution < 1.29 is 4.79 Å². The second-order valence-corrected chi connectivity index (χ2v) is 8.50. The van der Waals surface area contributed by atoms with Crippen LogP contribution in [-0.4, -0.2) is 11.7 Å². The molecule has 1 N–H and O–H groups in total. The highest BCUT2D eigenvalue weighted by atomic mass is 32.2. The molecule has 0 aliphatic rings. The summed E-state index contributed by atoms with van der Waals surface area (Å²) in [6.07, 6.45) is 0. The van der Waals surface area contributed by atoms with Crippen LogP contribution in [-0.2, 0) is 10.5 Å². The molecule has 0 fully saturated rings. The van der Waals surface area contributed by atoms with E-state index in [1.54, 1.807) is 11.8 Å². The van der Waals surface area contributed by atoms with Gasteiger partial charge in [-0.3, -0.25) is 4.79 Å². The summed E-state index contributed by atoms with van der Waals surface area (Å²) in [6, 6.07) is 24.9. The Morgan fingerprint density at radius 1 is 0.852 bits per heavy atom. The van der Waals surface area contributed by atoms with E-state index in [1.165, 1.54) is 16.0 Å². The third kappa shape index (κ3) is 6.19. The quantitative estimate of drug-likeness (QED) is 0.476. The zero-order valence-corrected chi connectivity index (χ0v) is 17.2. The molecule has 0 bridgehead atoms. The van der Waals surface area contributed by atoms with Crippen LogP contribution in [0.1, 0.15) is 16.7 Å². The molecule has 0 saturated heterocycles. The molecule has 3 aromatic carbocycles. The van der Waals surface area contributed by atoms with Crippen LogP contribution >= 0.6 is 23.5 Å². The molecule has 0 atom stereocenters. The first-order valence-corrected chi connectivity index (χ1v) is 10.8. The Hall–Kier alpha value is -2.17. The molecule has 0 spiro atoms. The van der Waals surface area contributed by atoms with E-state index in [4.69, 9.17) is 0 Å². The fourth-order valence-corrected chi connectivity index (χ4v) is 4.17. The number of nitrogens with one attached hydrogen (secondary N) is 1. The van der Waals surface area contributed by atoms with Gasteiger partial charge in [0.05, 0.1) is 5.75 Å². The third-order valence-corrected chi connectivity index (χ3v) is 6.20. The maximum absolute atomic E-state index is 12.3. The molecule has 2 nitrogen and oxygen atoms in total. The van der Waals surface area contributed by atoms with Gasteiger partial charge < -0.3 is 5.32 Å². The average Bonchev–Trinajstić information content (AvgIpc) is 2.69. The summed E-state index contributed by atoms with van der Waals surface area (Å²) in [5, 5.41) is 3.03. The zero-order chi connectivity index (χ0) is 19.1. The van der Waals surface area contributed by atoms with Gasteiger partial charge >= 0.3 is 0 Å². The minimum absolute atomic E-state index is 0.0232. The van der Waals surface area contributed by atoms with Gasteiger partial charge in [0.15, 0.2) is 0 Å². The minimum atomic E-state index is 0.0232. The number of amides is 1. The molecular formula is C23H23NOS2. The first-order chi connectivity index (χ1) is 13.1. The zero-order valence-electron chi connectivity index (χ0n) is 15.6. The Balaban J connectivity index is 1.52. The second-order valence-electron chi connectivity index (χ2n) is 6.40. The molecule has 3 aromatic rings. The topological polar surface area (TPSA) is 29.1 Å². The monoisotopic (exact) mass is 393 g/mol. The summed E-state index contributed by atoms with van der Waals surface area (Å²) in [5.41, 5.74) is 4.46. The predicted molar refractivity (Wildman–Crippen MR) is 118 cm³/mol. The van der Waals surface area contributed by atoms with E-state index in [1.807, 2.05) is 30.8 Å². The molecule has 0 unspecified atom stereocenters. The number of rotatable bonds is 7. The van der Waals surface area contributed by atoms with Crippen molar-refractivity contribution in [3.05, 3.63) is 89.5 Å². The largest absolute Gasteiger partial charge is 0.325 e. The summed E-state index contributed by atoms with van der Waals surface area (Å²) < 4.78 is 0. The Bertz CT molecular complexity index is 892. The van der Waals surface area contributed by atoms with Gasteiger partial charge in [-0.1, -0.05) is 48.0 Å². The highest BCUT2D eigenvalue weighted by molar-refractivity contribution is 8.00. The molecule has 1 amide bonds. The number of anilines is 1. The van der Waals surface area contributed by atoms with Crippen molar-refractivity contribution in [1.82, 2.24) is 0 Å². The Morgan fingerprint density at radius 3 is 2.26 bits per heavy atom. The lowest BCUT2D eigenvalue weighted by Gasteiger charge is -2.10. The smallest absolute Gasteiger partial charge is 0.234 e. The van der Waals surface area contributed by atoms with Gasteiger partial charge in [-0.2, -0.15) is 0 Å². The molecule has 138 valence electrons. The van der Waals surface area contributed by atoms with Crippen LogP contribution < -0.4 is 5.32 Å². The molecular weight excluding hydrogens is 370 g/mol. The molecule has 0 aliphatic carbocycles. The summed E-state index contributed by atoms with van der Waals surface area (Å²) in [4.78, 5) is 14.6. The van der Waals surface area contributed by atoms with Gasteiger partial charge in [0, 0.05) is 21.2 Å². The van der Waals surface area contributed by atoms with Gasteiger partial charge in [-0.15, -0.1) is 23.5 Å². The summed E-state index contributed by atoms with van der Waals surface area (Å²) in [7, 11) is 0. The SMILES string of the molecule is Cc1ccc(SCC(=O)Nc2ccc(CSc3ccccc3)cc2C)cc1. The standard InChI is InChI=1S/C23H23NOS2/c1-17-8-11-21(12-9-17)27-16-23(25)24-22-13-10-19(14-18(22)2)15-26-20-6-4-3-5-7-20/h3-14H,15-16H2,1-2H3,(H,24,25). The van der Waals surface area contributed by atoms with E-state index in [9.17, 15) is 4.79 Å². The highest BCUT2D eigenvalue weighted by Gasteiger charge is 2.07. The van der Waals surface area contributed by atoms with Crippen molar-refractivity contribution in [1.29, 1.82) is 0 Å². The van der Waals surface area contributed by atoms with Crippen LogP contribution in [0.5, 0.6) is 0 Å². The van der Waals surface area contributed by atoms with E-state index < -0.39 is 0 Å². The van der Waals surface area contributed by atoms with Crippen LogP contribution in [0.2, 0.25) is 0 Å². The number of thioether (sulfide) groups is 2. The number of carbonyl (C=O) groups excluding carboxylic acids is 1. The summed E-state index contributed by atoms with van der Waals surface area (Å²) >= 11 is 3.37. The van der Waals surface area contributed by atoms with Crippen molar-refractivity contribution >= 4 is 35.1 Å². The molecule has 0 radical (unpaired) electrons. The van der Waals surface area contributed by atoms with E-state index in [2.05, 4.69) is 72.9 Å². The van der Waals surface area contributed by atoms with Gasteiger partial charge in [-0.25, -0.2) is 0 Å². The number of hydrogen-bond donors (Lipinski definition) is 1. The van der Waals surface area contributed by atoms with Crippen molar-refractivity contribution in [2.45, 2.75) is 29.4 Å². The number of aryl methyl sites for hydroxylation is 2. The lowest BCUT2D eigenvalue weighted by atomic mass is 10.1. The third-order valence-electron chi connectivity index (χ3n) is 4.10. The highest BCUT2D eigenvalue weighted by Crippen LogP contribution is 2.25. The number of hydrogen-bond acceptors (Lipinski definition) is 3. The molecule has 0 heterocycles. The Kier molecular flexibility index (Phi) is 7.02. The van der Waals surface area contributed by atoms with Crippen molar-refractivity contribution in [2.75, 3.05) is 11.1 Å². The van der Waals surface area contributed by atoms with E-state index in [-0.39, 0.29) is 5.91 Å². The molecule has 0 saturated carbocycles. The molecule has 0 aromatic heterocycles. The van der Waals surface area contributed by atoms with Crippen LogP contribution in [0.25, 0.3) is 0 Å². The molecule has 27 heavy (non-hydrogen) atoms. The Labute approximate surface area is 169 Å². The van der Waals surface area contributed by atoms with E-state index >= 15 is 0 Å². The molecule has 4 heteroatoms. The van der Waals surface area contributed by atoms with Gasteiger partial charge in [-0.05, 0) is 55.3 Å². The lowest BCUT2D eigenvalue weighted by molar-refractivity contribution is -0.113. The molecule has 0 aliphatic heterocycles. The van der Waals surface area contributed by atoms with Crippen LogP contribution in [0.3, 0.4) is 0 Å². The van der Waals surface area contributed by atoms with Gasteiger partial charge in [0.1, 0.15) is 0 Å². The maximum atomic E-state index is 12.3. The van der Waals surface area contributed by atoms with E-state index in [0.29, 0.717) is 5.75 Å². The maximum Gasteiger partial charge on any atom is 0.234 e. The van der Waals surface area contributed by atoms with Gasteiger partial charge in [0.25, 0.3) is 0 Å². The fraction of sp³-hybridized carbons (Fsp3) is 0.174. The van der Waals surface area contributed by atoms with Crippen LogP contribution in [0, 0.1) is 13.8 Å². The van der Waals surface area contributed by atoms with Crippen LogP contribution in [0.4, 0.5) is 5.69 Å². The number of benzene rings is 3. The fourth-order valence-electron chi connectivity index (χ4n) is 2.61. The first kappa shape index (κ1) is 19.6. The second kappa shape index (κ2) is 9.67. The van der Waals surface area contributed by atoms with Crippen molar-refractivity contribution in [3.63, 3.8) is 0 Å². The molecule has 3 rings (SSSR count). The normalized spacial score (nSPS) is 10.6. The van der Waals surface area contributed by atoms with Crippen LogP contribution in [0.15, 0.2) is 82.6 Å². The lowest BCUT2D eigenvalue weighted by Crippen LogP contribution is -2.14. The average molecular weight is 394 g/mol. The summed E-state index contributed by atoms with van der Waals surface area (Å²) in [5.74, 6) is 1.35. The summed E-state index contributed by atoms with van der Waals surface area (Å²) in [6.45, 7) is 4.10. The van der Waals surface area contributed by atoms with Gasteiger partial charge in [0.2, 0.25) is 5.91 Å². The van der Waals surface area contributed by atoms with Crippen molar-refractivity contribution in [2.24, 2.45) is 0 Å². The van der Waals surface area contributed by atoms with E-state index in [0.717, 1.165) is 21.9 Å². The predicted octanol–water partition coefficient (Wildman–Crippen LogP) is 6.33. The Morgan fingerprint density at radius 2 is 1.56 bits per heavy atom. The number of carbonyl (C=O) groups is 1. The minimum Gasteiger partial charge on any atom is -0.325 e.